The zero-order valence-corrected chi connectivity index (χ0v) is 10.6. The Morgan fingerprint density at radius 3 is 2.83 bits per heavy atom. The molecule has 0 amide bonds. The minimum absolute atomic E-state index is 0.621. The van der Waals surface area contributed by atoms with E-state index in [1.165, 1.54) is 18.5 Å². The summed E-state index contributed by atoms with van der Waals surface area (Å²) in [6.45, 7) is 4.21. The van der Waals surface area contributed by atoms with Crippen molar-refractivity contribution in [2.45, 2.75) is 25.7 Å². The van der Waals surface area contributed by atoms with E-state index in [0.29, 0.717) is 5.92 Å². The Morgan fingerprint density at radius 1 is 1.22 bits per heavy atom. The van der Waals surface area contributed by atoms with Crippen LogP contribution in [0, 0.1) is 6.92 Å². The highest BCUT2D eigenvalue weighted by Crippen LogP contribution is 2.27. The second-order valence-electron chi connectivity index (χ2n) is 4.92. The second-order valence-corrected chi connectivity index (χ2v) is 4.92. The number of pyridine rings is 1. The van der Waals surface area contributed by atoms with Gasteiger partial charge in [-0.05, 0) is 51.1 Å². The minimum atomic E-state index is 0.621. The molecule has 4 heteroatoms. The fourth-order valence-electron chi connectivity index (χ4n) is 2.53. The number of piperidine rings is 1. The fraction of sp³-hybridized carbons (Fsp3) is 0.429. The molecule has 0 unspecified atom stereocenters. The van der Waals surface area contributed by atoms with Gasteiger partial charge in [-0.1, -0.05) is 0 Å². The molecule has 94 valence electrons. The van der Waals surface area contributed by atoms with Crippen LogP contribution in [-0.4, -0.2) is 28.3 Å². The number of hydrogen-bond acceptors (Lipinski definition) is 3. The molecule has 0 spiro atoms. The van der Waals surface area contributed by atoms with Crippen LogP contribution >= 0.6 is 0 Å². The van der Waals surface area contributed by atoms with E-state index < -0.39 is 0 Å². The van der Waals surface area contributed by atoms with Crippen molar-refractivity contribution >= 4 is 0 Å². The summed E-state index contributed by atoms with van der Waals surface area (Å²) in [5.41, 5.74) is 4.45. The smallest absolute Gasteiger partial charge is 0.0924 e. The van der Waals surface area contributed by atoms with Gasteiger partial charge in [-0.2, -0.15) is 5.10 Å². The van der Waals surface area contributed by atoms with Gasteiger partial charge < -0.3 is 5.32 Å². The SMILES string of the molecule is Cc1cc(-c2cc(C3CCNCC3)[nH]n2)ccn1. The lowest BCUT2D eigenvalue weighted by Gasteiger charge is -2.20. The van der Waals surface area contributed by atoms with Crippen molar-refractivity contribution in [1.82, 2.24) is 20.5 Å². The summed E-state index contributed by atoms with van der Waals surface area (Å²) in [4.78, 5) is 4.22. The molecule has 0 atom stereocenters. The van der Waals surface area contributed by atoms with Gasteiger partial charge in [-0.15, -0.1) is 0 Å². The predicted molar refractivity (Wildman–Crippen MR) is 71.4 cm³/mol. The van der Waals surface area contributed by atoms with Crippen molar-refractivity contribution in [3.63, 3.8) is 0 Å². The van der Waals surface area contributed by atoms with Crippen LogP contribution in [0.4, 0.5) is 0 Å². The third-order valence-electron chi connectivity index (χ3n) is 3.57. The molecule has 0 aliphatic carbocycles. The van der Waals surface area contributed by atoms with Crippen LogP contribution in [0.3, 0.4) is 0 Å². The van der Waals surface area contributed by atoms with Crippen LogP contribution < -0.4 is 5.32 Å². The summed E-state index contributed by atoms with van der Waals surface area (Å²) in [5.74, 6) is 0.621. The molecule has 3 rings (SSSR count). The Kier molecular flexibility index (Phi) is 3.11. The number of aromatic amines is 1. The molecule has 0 aromatic carbocycles. The summed E-state index contributed by atoms with van der Waals surface area (Å²) in [6, 6.07) is 6.27. The van der Waals surface area contributed by atoms with Gasteiger partial charge in [0.1, 0.15) is 0 Å². The van der Waals surface area contributed by atoms with E-state index in [1.807, 2.05) is 19.2 Å². The number of rotatable bonds is 2. The van der Waals surface area contributed by atoms with Crippen molar-refractivity contribution in [3.05, 3.63) is 35.8 Å². The Labute approximate surface area is 107 Å². The molecule has 18 heavy (non-hydrogen) atoms. The third-order valence-corrected chi connectivity index (χ3v) is 3.57. The van der Waals surface area contributed by atoms with Gasteiger partial charge in [-0.25, -0.2) is 0 Å². The lowest BCUT2D eigenvalue weighted by Crippen LogP contribution is -2.26. The first-order valence-corrected chi connectivity index (χ1v) is 6.52. The summed E-state index contributed by atoms with van der Waals surface area (Å²) in [6.07, 6.45) is 4.22. The molecule has 1 fully saturated rings. The molecule has 0 saturated carbocycles. The second kappa shape index (κ2) is 4.90. The van der Waals surface area contributed by atoms with Crippen LogP contribution in [0.15, 0.2) is 24.4 Å². The van der Waals surface area contributed by atoms with E-state index in [0.717, 1.165) is 30.0 Å². The monoisotopic (exact) mass is 242 g/mol. The van der Waals surface area contributed by atoms with Crippen molar-refractivity contribution < 1.29 is 0 Å². The van der Waals surface area contributed by atoms with E-state index in [1.54, 1.807) is 0 Å². The van der Waals surface area contributed by atoms with Crippen LogP contribution in [0.1, 0.15) is 30.1 Å². The largest absolute Gasteiger partial charge is 0.317 e. The predicted octanol–water partition coefficient (Wildman–Crippen LogP) is 2.25. The van der Waals surface area contributed by atoms with E-state index in [-0.39, 0.29) is 0 Å². The quantitative estimate of drug-likeness (QED) is 0.849. The average Bonchev–Trinajstić information content (AvgIpc) is 2.89. The summed E-state index contributed by atoms with van der Waals surface area (Å²) in [5, 5.41) is 11.0. The zero-order valence-electron chi connectivity index (χ0n) is 10.6. The van der Waals surface area contributed by atoms with Gasteiger partial charge >= 0.3 is 0 Å². The topological polar surface area (TPSA) is 53.6 Å². The van der Waals surface area contributed by atoms with E-state index in [9.17, 15) is 0 Å². The highest BCUT2D eigenvalue weighted by molar-refractivity contribution is 5.59. The highest BCUT2D eigenvalue weighted by atomic mass is 15.1. The minimum Gasteiger partial charge on any atom is -0.317 e. The molecule has 1 aliphatic heterocycles. The van der Waals surface area contributed by atoms with Gasteiger partial charge in [0.25, 0.3) is 0 Å². The summed E-state index contributed by atoms with van der Waals surface area (Å²) >= 11 is 0. The van der Waals surface area contributed by atoms with Crippen molar-refractivity contribution in [2.75, 3.05) is 13.1 Å². The molecule has 1 saturated heterocycles. The molecular formula is C14H18N4. The Morgan fingerprint density at radius 2 is 2.06 bits per heavy atom. The summed E-state index contributed by atoms with van der Waals surface area (Å²) in [7, 11) is 0. The molecule has 4 nitrogen and oxygen atoms in total. The van der Waals surface area contributed by atoms with E-state index in [2.05, 4.69) is 32.6 Å². The molecule has 2 aromatic heterocycles. The van der Waals surface area contributed by atoms with Crippen molar-refractivity contribution in [2.24, 2.45) is 0 Å². The standard InChI is InChI=1S/C14H18N4/c1-10-8-12(4-7-16-10)14-9-13(17-18-14)11-2-5-15-6-3-11/h4,7-9,11,15H,2-3,5-6H2,1H3,(H,17,18). The highest BCUT2D eigenvalue weighted by Gasteiger charge is 2.17. The van der Waals surface area contributed by atoms with Crippen LogP contribution in [-0.2, 0) is 0 Å². The van der Waals surface area contributed by atoms with Gasteiger partial charge in [0.2, 0.25) is 0 Å². The molecule has 0 bridgehead atoms. The van der Waals surface area contributed by atoms with Crippen LogP contribution in [0.5, 0.6) is 0 Å². The Hall–Kier alpha value is -1.68. The van der Waals surface area contributed by atoms with Gasteiger partial charge in [0.15, 0.2) is 0 Å². The maximum Gasteiger partial charge on any atom is 0.0924 e. The van der Waals surface area contributed by atoms with E-state index >= 15 is 0 Å². The molecule has 1 aliphatic rings. The lowest BCUT2D eigenvalue weighted by atomic mass is 9.94. The normalized spacial score (nSPS) is 16.9. The lowest BCUT2D eigenvalue weighted by molar-refractivity contribution is 0.453. The maximum absolute atomic E-state index is 4.43. The number of aromatic nitrogens is 3. The maximum atomic E-state index is 4.43. The van der Waals surface area contributed by atoms with Crippen molar-refractivity contribution in [3.8, 4) is 11.3 Å². The molecule has 3 heterocycles. The Bertz CT molecular complexity index is 526. The first-order valence-electron chi connectivity index (χ1n) is 6.52. The molecule has 2 N–H and O–H groups in total. The summed E-state index contributed by atoms with van der Waals surface area (Å²) < 4.78 is 0. The van der Waals surface area contributed by atoms with E-state index in [4.69, 9.17) is 0 Å². The van der Waals surface area contributed by atoms with Gasteiger partial charge in [0.05, 0.1) is 5.69 Å². The number of aryl methyl sites for hydroxylation is 1. The van der Waals surface area contributed by atoms with Gasteiger partial charge in [-0.3, -0.25) is 10.1 Å². The molecule has 2 aromatic rings. The van der Waals surface area contributed by atoms with Gasteiger partial charge in [0, 0.05) is 29.1 Å². The third kappa shape index (κ3) is 2.29. The fourth-order valence-corrected chi connectivity index (χ4v) is 2.53. The Balaban J connectivity index is 1.84. The number of nitrogens with zero attached hydrogens (tertiary/aromatic N) is 2. The van der Waals surface area contributed by atoms with Crippen molar-refractivity contribution in [1.29, 1.82) is 0 Å². The number of H-pyrrole nitrogens is 1. The molecular weight excluding hydrogens is 224 g/mol. The zero-order chi connectivity index (χ0) is 12.4. The average molecular weight is 242 g/mol. The number of nitrogens with one attached hydrogen (secondary N) is 2. The first-order chi connectivity index (χ1) is 8.83. The van der Waals surface area contributed by atoms with Crippen LogP contribution in [0.2, 0.25) is 0 Å². The van der Waals surface area contributed by atoms with Crippen LogP contribution in [0.25, 0.3) is 11.3 Å². The molecule has 0 radical (unpaired) electrons. The number of hydrogen-bond donors (Lipinski definition) is 2. The first kappa shape index (κ1) is 11.4.